The Morgan fingerprint density at radius 2 is 2.11 bits per heavy atom. The molecule has 0 unspecified atom stereocenters. The van der Waals surface area contributed by atoms with E-state index in [1.54, 1.807) is 12.1 Å². The summed E-state index contributed by atoms with van der Waals surface area (Å²) < 4.78 is 16.1. The minimum atomic E-state index is -0.507. The maximum absolute atomic E-state index is 12.5. The van der Waals surface area contributed by atoms with Crippen LogP contribution in [0.15, 0.2) is 30.3 Å². The molecule has 8 nitrogen and oxygen atoms in total. The van der Waals surface area contributed by atoms with E-state index >= 15 is 0 Å². The zero-order chi connectivity index (χ0) is 19.8. The zero-order valence-electron chi connectivity index (χ0n) is 15.4. The summed E-state index contributed by atoms with van der Waals surface area (Å²) in [6, 6.07) is 8.07. The molecule has 144 valence electrons. The first-order chi connectivity index (χ1) is 13.4. The standard InChI is InChI=1S/C20H18N2O6/c1-11-12(2)21-18-4-3-13(7-17(11)18)20(23)27-9-15-6-16(22(24)25)5-14-8-26-10-28-19(14)15/h3-7,21H,8-10H2,1-2H3. The molecule has 8 heteroatoms. The minimum Gasteiger partial charge on any atom is -0.467 e. The summed E-state index contributed by atoms with van der Waals surface area (Å²) in [6.45, 7) is 4.09. The van der Waals surface area contributed by atoms with Gasteiger partial charge in [0, 0.05) is 39.9 Å². The van der Waals surface area contributed by atoms with Crippen molar-refractivity contribution in [2.24, 2.45) is 0 Å². The second kappa shape index (κ2) is 6.97. The molecule has 0 bridgehead atoms. The van der Waals surface area contributed by atoms with Gasteiger partial charge in [0.25, 0.3) is 5.69 Å². The van der Waals surface area contributed by atoms with Gasteiger partial charge in [-0.3, -0.25) is 10.1 Å². The Labute approximate surface area is 160 Å². The third kappa shape index (κ3) is 3.18. The number of aryl methyl sites for hydroxylation is 2. The third-order valence-electron chi connectivity index (χ3n) is 4.89. The monoisotopic (exact) mass is 382 g/mol. The number of carbonyl (C=O) groups is 1. The van der Waals surface area contributed by atoms with E-state index in [2.05, 4.69) is 4.98 Å². The number of aromatic amines is 1. The van der Waals surface area contributed by atoms with Crippen LogP contribution in [0.1, 0.15) is 32.7 Å². The van der Waals surface area contributed by atoms with Crippen LogP contribution in [-0.2, 0) is 22.7 Å². The van der Waals surface area contributed by atoms with E-state index < -0.39 is 10.9 Å². The van der Waals surface area contributed by atoms with E-state index in [0.717, 1.165) is 22.2 Å². The number of nitro groups is 1. The van der Waals surface area contributed by atoms with Gasteiger partial charge >= 0.3 is 5.97 Å². The number of nitrogens with zero attached hydrogens (tertiary/aromatic N) is 1. The summed E-state index contributed by atoms with van der Waals surface area (Å²) in [5, 5.41) is 12.1. The van der Waals surface area contributed by atoms with E-state index in [1.165, 1.54) is 12.1 Å². The molecule has 0 saturated heterocycles. The van der Waals surface area contributed by atoms with Crippen LogP contribution in [0.3, 0.4) is 0 Å². The molecule has 3 aromatic rings. The van der Waals surface area contributed by atoms with Gasteiger partial charge in [0.05, 0.1) is 17.1 Å². The SMILES string of the molecule is Cc1[nH]c2ccc(C(=O)OCc3cc([N+](=O)[O-])cc4c3OCOC4)cc2c1C. The highest BCUT2D eigenvalue weighted by molar-refractivity contribution is 5.96. The van der Waals surface area contributed by atoms with Crippen LogP contribution in [0.5, 0.6) is 5.75 Å². The molecule has 0 spiro atoms. The molecule has 2 heterocycles. The van der Waals surface area contributed by atoms with E-state index in [9.17, 15) is 14.9 Å². The molecule has 0 amide bonds. The highest BCUT2D eigenvalue weighted by atomic mass is 16.7. The van der Waals surface area contributed by atoms with Gasteiger partial charge in [-0.05, 0) is 37.6 Å². The number of aromatic nitrogens is 1. The van der Waals surface area contributed by atoms with Crippen molar-refractivity contribution in [3.05, 3.63) is 68.4 Å². The molecular formula is C20H18N2O6. The molecule has 2 aromatic carbocycles. The minimum absolute atomic E-state index is 0.0501. The lowest BCUT2D eigenvalue weighted by atomic mass is 10.1. The average molecular weight is 382 g/mol. The number of non-ortho nitro benzene ring substituents is 1. The zero-order valence-corrected chi connectivity index (χ0v) is 15.4. The van der Waals surface area contributed by atoms with Gasteiger partial charge in [-0.25, -0.2) is 4.79 Å². The van der Waals surface area contributed by atoms with Crippen LogP contribution < -0.4 is 4.74 Å². The smallest absolute Gasteiger partial charge is 0.338 e. The van der Waals surface area contributed by atoms with Crippen LogP contribution in [-0.4, -0.2) is 22.7 Å². The Bertz CT molecular complexity index is 1100. The van der Waals surface area contributed by atoms with Gasteiger partial charge < -0.3 is 19.2 Å². The average Bonchev–Trinajstić information content (AvgIpc) is 2.99. The van der Waals surface area contributed by atoms with Crippen molar-refractivity contribution in [3.63, 3.8) is 0 Å². The van der Waals surface area contributed by atoms with Gasteiger partial charge in [-0.15, -0.1) is 0 Å². The molecule has 0 saturated carbocycles. The topological polar surface area (TPSA) is 104 Å². The number of carbonyl (C=O) groups excluding carboxylic acids is 1. The number of nitro benzene ring substituents is 1. The fraction of sp³-hybridized carbons (Fsp3) is 0.250. The third-order valence-corrected chi connectivity index (χ3v) is 4.89. The number of fused-ring (bicyclic) bond motifs is 2. The molecule has 4 rings (SSSR count). The summed E-state index contributed by atoms with van der Waals surface area (Å²) in [5.74, 6) is -0.0373. The molecule has 1 aromatic heterocycles. The van der Waals surface area contributed by atoms with Crippen molar-refractivity contribution in [2.45, 2.75) is 27.1 Å². The largest absolute Gasteiger partial charge is 0.467 e. The number of esters is 1. The Kier molecular flexibility index (Phi) is 4.48. The van der Waals surface area contributed by atoms with Crippen molar-refractivity contribution in [1.29, 1.82) is 0 Å². The molecule has 0 atom stereocenters. The number of nitrogens with one attached hydrogen (secondary N) is 1. The Morgan fingerprint density at radius 3 is 2.89 bits per heavy atom. The van der Waals surface area contributed by atoms with Gasteiger partial charge in [-0.1, -0.05) is 0 Å². The predicted molar refractivity (Wildman–Crippen MR) is 100 cm³/mol. The summed E-state index contributed by atoms with van der Waals surface area (Å²) in [4.78, 5) is 26.5. The van der Waals surface area contributed by atoms with Gasteiger partial charge in [0.2, 0.25) is 0 Å². The molecule has 0 radical (unpaired) electrons. The lowest BCUT2D eigenvalue weighted by Gasteiger charge is -2.20. The summed E-state index contributed by atoms with van der Waals surface area (Å²) >= 11 is 0. The Hall–Kier alpha value is -3.39. The van der Waals surface area contributed by atoms with Crippen LogP contribution >= 0.6 is 0 Å². The van der Waals surface area contributed by atoms with Gasteiger partial charge in [-0.2, -0.15) is 0 Å². The number of rotatable bonds is 4. The van der Waals surface area contributed by atoms with E-state index in [4.69, 9.17) is 14.2 Å². The van der Waals surface area contributed by atoms with Crippen molar-refractivity contribution in [2.75, 3.05) is 6.79 Å². The molecular weight excluding hydrogens is 364 g/mol. The summed E-state index contributed by atoms with van der Waals surface area (Å²) in [7, 11) is 0. The number of hydrogen-bond acceptors (Lipinski definition) is 6. The first-order valence-electron chi connectivity index (χ1n) is 8.71. The van der Waals surface area contributed by atoms with Gasteiger partial charge in [0.15, 0.2) is 6.79 Å². The van der Waals surface area contributed by atoms with Gasteiger partial charge in [0.1, 0.15) is 12.4 Å². The number of ether oxygens (including phenoxy) is 3. The number of H-pyrrole nitrogens is 1. The van der Waals surface area contributed by atoms with E-state index in [-0.39, 0.29) is 25.7 Å². The highest BCUT2D eigenvalue weighted by Gasteiger charge is 2.22. The fourth-order valence-corrected chi connectivity index (χ4v) is 3.31. The van der Waals surface area contributed by atoms with Crippen molar-refractivity contribution in [3.8, 4) is 5.75 Å². The number of hydrogen-bond donors (Lipinski definition) is 1. The molecule has 1 aliphatic rings. The van der Waals surface area contributed by atoms with Crippen molar-refractivity contribution >= 4 is 22.6 Å². The molecule has 28 heavy (non-hydrogen) atoms. The first kappa shape index (κ1) is 18.0. The lowest BCUT2D eigenvalue weighted by Crippen LogP contribution is -2.15. The normalized spacial score (nSPS) is 13.1. The number of benzene rings is 2. The summed E-state index contributed by atoms with van der Waals surface area (Å²) in [5.41, 5.74) is 4.39. The van der Waals surface area contributed by atoms with Crippen LogP contribution in [0.25, 0.3) is 10.9 Å². The van der Waals surface area contributed by atoms with Crippen LogP contribution in [0.4, 0.5) is 5.69 Å². The maximum atomic E-state index is 12.5. The van der Waals surface area contributed by atoms with E-state index in [1.807, 2.05) is 19.9 Å². The Morgan fingerprint density at radius 1 is 1.29 bits per heavy atom. The Balaban J connectivity index is 1.59. The van der Waals surface area contributed by atoms with Crippen molar-refractivity contribution < 1.29 is 23.9 Å². The van der Waals surface area contributed by atoms with Crippen molar-refractivity contribution in [1.82, 2.24) is 4.98 Å². The second-order valence-electron chi connectivity index (χ2n) is 6.67. The molecule has 1 N–H and O–H groups in total. The molecule has 0 fully saturated rings. The van der Waals surface area contributed by atoms with Crippen LogP contribution in [0, 0.1) is 24.0 Å². The predicted octanol–water partition coefficient (Wildman–Crippen LogP) is 3.92. The summed E-state index contributed by atoms with van der Waals surface area (Å²) in [6.07, 6.45) is 0. The molecule has 0 aliphatic carbocycles. The first-order valence-corrected chi connectivity index (χ1v) is 8.71. The van der Waals surface area contributed by atoms with E-state index in [0.29, 0.717) is 22.4 Å². The second-order valence-corrected chi connectivity index (χ2v) is 6.67. The molecule has 1 aliphatic heterocycles. The fourth-order valence-electron chi connectivity index (χ4n) is 3.31. The highest BCUT2D eigenvalue weighted by Crippen LogP contribution is 2.33. The lowest BCUT2D eigenvalue weighted by molar-refractivity contribution is -0.385. The quantitative estimate of drug-likeness (QED) is 0.417. The van der Waals surface area contributed by atoms with Crippen LogP contribution in [0.2, 0.25) is 0 Å². The maximum Gasteiger partial charge on any atom is 0.338 e.